The second-order valence-corrected chi connectivity index (χ2v) is 4.92. The molecule has 0 saturated heterocycles. The molecular weight excluding hydrogens is 256 g/mol. The highest BCUT2D eigenvalue weighted by Gasteiger charge is 2.23. The van der Waals surface area contributed by atoms with Gasteiger partial charge in [-0.2, -0.15) is 0 Å². The van der Waals surface area contributed by atoms with Crippen LogP contribution in [0.25, 0.3) is 5.03 Å². The average molecular weight is 270 g/mol. The van der Waals surface area contributed by atoms with E-state index >= 15 is 0 Å². The molecule has 2 aromatic carbocycles. The van der Waals surface area contributed by atoms with E-state index in [1.807, 2.05) is 59.3 Å². The van der Waals surface area contributed by atoms with Crippen LogP contribution in [0.2, 0.25) is 0 Å². The van der Waals surface area contributed by atoms with Crippen LogP contribution in [0.5, 0.6) is 0 Å². The number of hydrogen-bond acceptors (Lipinski definition) is 1. The number of nitrogens with zero attached hydrogens (tertiary/aromatic N) is 1. The van der Waals surface area contributed by atoms with Crippen molar-refractivity contribution in [3.8, 4) is 0 Å². The quantitative estimate of drug-likeness (QED) is 0.834. The molecule has 2 nitrogen and oxygen atoms in total. The van der Waals surface area contributed by atoms with Crippen LogP contribution in [0.3, 0.4) is 0 Å². The predicted octanol–water partition coefficient (Wildman–Crippen LogP) is 3.16. The molecule has 2 aromatic rings. The van der Waals surface area contributed by atoms with Crippen molar-refractivity contribution in [2.75, 3.05) is 0 Å². The molecule has 0 saturated carbocycles. The van der Waals surface area contributed by atoms with Gasteiger partial charge in [-0.25, -0.2) is 4.58 Å². The molecule has 0 radical (unpaired) electrons. The normalized spacial score (nSPS) is 14.7. The summed E-state index contributed by atoms with van der Waals surface area (Å²) in [5.74, 6) is 0.754. The molecule has 2 N–H and O–H groups in total. The number of hydrogen-bond donors (Lipinski definition) is 1. The maximum atomic E-state index is 6.35. The van der Waals surface area contributed by atoms with E-state index in [0.29, 0.717) is 5.03 Å². The standard InChI is InChI=1S/C16H13ClN2/c17-15(12-6-2-1-3-7-12)11-19-10-13-8-4-5-9-14(13)16(19)18/h1-9,11,18H,10H2/p+1/b15-11-. The highest BCUT2D eigenvalue weighted by atomic mass is 35.5. The summed E-state index contributed by atoms with van der Waals surface area (Å²) >= 11 is 6.35. The lowest BCUT2D eigenvalue weighted by Crippen LogP contribution is -2.19. The van der Waals surface area contributed by atoms with Crippen LogP contribution in [-0.4, -0.2) is 10.4 Å². The van der Waals surface area contributed by atoms with E-state index in [1.165, 1.54) is 5.56 Å². The minimum Gasteiger partial charge on any atom is -0.286 e. The molecule has 0 amide bonds. The van der Waals surface area contributed by atoms with Crippen LogP contribution >= 0.6 is 11.6 Å². The first-order chi connectivity index (χ1) is 9.25. The molecule has 0 unspecified atom stereocenters. The molecule has 0 bridgehead atoms. The fourth-order valence-corrected chi connectivity index (χ4v) is 2.50. The lowest BCUT2D eigenvalue weighted by molar-refractivity contribution is -0.468. The molecule has 0 aromatic heterocycles. The van der Waals surface area contributed by atoms with Crippen molar-refractivity contribution in [1.82, 2.24) is 0 Å². The fraction of sp³-hybridized carbons (Fsp3) is 0.0625. The van der Waals surface area contributed by atoms with Gasteiger partial charge in [-0.3, -0.25) is 5.73 Å². The molecule has 0 atom stereocenters. The zero-order valence-corrected chi connectivity index (χ0v) is 11.1. The summed E-state index contributed by atoms with van der Waals surface area (Å²) in [7, 11) is 0. The number of fused-ring (bicyclic) bond motifs is 1. The Morgan fingerprint density at radius 1 is 1.05 bits per heavy atom. The van der Waals surface area contributed by atoms with Gasteiger partial charge in [-0.15, -0.1) is 0 Å². The van der Waals surface area contributed by atoms with E-state index in [4.69, 9.17) is 17.3 Å². The summed E-state index contributed by atoms with van der Waals surface area (Å²) in [6, 6.07) is 18.0. The first-order valence-corrected chi connectivity index (χ1v) is 6.53. The summed E-state index contributed by atoms with van der Waals surface area (Å²) < 4.78 is 1.99. The Balaban J connectivity index is 1.96. The third-order valence-corrected chi connectivity index (χ3v) is 3.58. The van der Waals surface area contributed by atoms with Crippen molar-refractivity contribution in [3.63, 3.8) is 0 Å². The van der Waals surface area contributed by atoms with Crippen molar-refractivity contribution in [3.05, 3.63) is 77.5 Å². The predicted molar refractivity (Wildman–Crippen MR) is 79.0 cm³/mol. The van der Waals surface area contributed by atoms with Gasteiger partial charge in [0.25, 0.3) is 5.84 Å². The third kappa shape index (κ3) is 2.27. The van der Waals surface area contributed by atoms with Gasteiger partial charge in [0.2, 0.25) is 0 Å². The summed E-state index contributed by atoms with van der Waals surface area (Å²) in [4.78, 5) is 0. The molecule has 0 fully saturated rings. The van der Waals surface area contributed by atoms with Crippen LogP contribution in [0.15, 0.2) is 60.8 Å². The Hall–Kier alpha value is -2.06. The molecule has 1 heterocycles. The lowest BCUT2D eigenvalue weighted by Gasteiger charge is -1.99. The molecule has 1 aliphatic rings. The fourth-order valence-electron chi connectivity index (χ4n) is 2.26. The largest absolute Gasteiger partial charge is 0.286 e. The lowest BCUT2D eigenvalue weighted by atomic mass is 10.1. The maximum Gasteiger partial charge on any atom is 0.280 e. The van der Waals surface area contributed by atoms with Crippen molar-refractivity contribution in [2.24, 2.45) is 5.73 Å². The van der Waals surface area contributed by atoms with Gasteiger partial charge in [0.15, 0.2) is 0 Å². The number of nitrogens with two attached hydrogens (primary N) is 1. The van der Waals surface area contributed by atoms with Crippen molar-refractivity contribution in [2.45, 2.75) is 6.54 Å². The Labute approximate surface area is 117 Å². The molecular formula is C16H14ClN2+. The summed E-state index contributed by atoms with van der Waals surface area (Å²) in [5.41, 5.74) is 9.47. The highest BCUT2D eigenvalue weighted by Crippen LogP contribution is 2.22. The molecule has 0 aliphatic carbocycles. The first kappa shape index (κ1) is 12.0. The Morgan fingerprint density at radius 3 is 2.47 bits per heavy atom. The van der Waals surface area contributed by atoms with E-state index in [0.717, 1.165) is 23.5 Å². The van der Waals surface area contributed by atoms with Gasteiger partial charge in [0.05, 0.1) is 10.6 Å². The first-order valence-electron chi connectivity index (χ1n) is 6.16. The Kier molecular flexibility index (Phi) is 3.10. The van der Waals surface area contributed by atoms with Crippen molar-refractivity contribution in [1.29, 1.82) is 0 Å². The molecule has 3 rings (SSSR count). The van der Waals surface area contributed by atoms with Crippen LogP contribution < -0.4 is 5.73 Å². The molecule has 3 heteroatoms. The molecule has 94 valence electrons. The monoisotopic (exact) mass is 269 g/mol. The number of benzene rings is 2. The van der Waals surface area contributed by atoms with Crippen LogP contribution in [0.4, 0.5) is 0 Å². The maximum absolute atomic E-state index is 6.35. The van der Waals surface area contributed by atoms with Crippen molar-refractivity contribution >= 4 is 22.5 Å². The van der Waals surface area contributed by atoms with Gasteiger partial charge in [-0.1, -0.05) is 60.1 Å². The van der Waals surface area contributed by atoms with E-state index in [2.05, 4.69) is 6.07 Å². The Bertz CT molecular complexity index is 672. The van der Waals surface area contributed by atoms with Gasteiger partial charge >= 0.3 is 0 Å². The second kappa shape index (κ2) is 4.90. The topological polar surface area (TPSA) is 29.0 Å². The summed E-state index contributed by atoms with van der Waals surface area (Å²) in [6.07, 6.45) is 1.90. The number of halogens is 1. The van der Waals surface area contributed by atoms with E-state index in [9.17, 15) is 0 Å². The SMILES string of the molecule is NC1=[N+](/C=C(\Cl)c2ccccc2)Cc2ccccc21. The highest BCUT2D eigenvalue weighted by molar-refractivity contribution is 6.48. The van der Waals surface area contributed by atoms with Crippen LogP contribution in [-0.2, 0) is 6.54 Å². The minimum atomic E-state index is 0.691. The van der Waals surface area contributed by atoms with Crippen LogP contribution in [0.1, 0.15) is 16.7 Å². The third-order valence-electron chi connectivity index (χ3n) is 3.26. The molecule has 1 aliphatic heterocycles. The van der Waals surface area contributed by atoms with Gasteiger partial charge in [0, 0.05) is 5.56 Å². The van der Waals surface area contributed by atoms with Gasteiger partial charge in [0.1, 0.15) is 12.7 Å². The van der Waals surface area contributed by atoms with E-state index in [-0.39, 0.29) is 0 Å². The smallest absolute Gasteiger partial charge is 0.280 e. The zero-order valence-electron chi connectivity index (χ0n) is 10.4. The molecule has 0 spiro atoms. The average Bonchev–Trinajstić information content (AvgIpc) is 2.77. The number of rotatable bonds is 2. The number of amidine groups is 1. The molecule has 19 heavy (non-hydrogen) atoms. The van der Waals surface area contributed by atoms with Gasteiger partial charge < -0.3 is 0 Å². The van der Waals surface area contributed by atoms with Crippen LogP contribution in [0, 0.1) is 0 Å². The van der Waals surface area contributed by atoms with E-state index < -0.39 is 0 Å². The zero-order chi connectivity index (χ0) is 13.2. The summed E-state index contributed by atoms with van der Waals surface area (Å²) in [5, 5.41) is 0.691. The Morgan fingerprint density at radius 2 is 1.74 bits per heavy atom. The van der Waals surface area contributed by atoms with Crippen molar-refractivity contribution < 1.29 is 4.58 Å². The second-order valence-electron chi connectivity index (χ2n) is 4.51. The summed E-state index contributed by atoms with van der Waals surface area (Å²) in [6.45, 7) is 0.769. The minimum absolute atomic E-state index is 0.691. The van der Waals surface area contributed by atoms with Gasteiger partial charge in [-0.05, 0) is 11.6 Å². The van der Waals surface area contributed by atoms with E-state index in [1.54, 1.807) is 0 Å².